The van der Waals surface area contributed by atoms with Crippen molar-refractivity contribution in [3.05, 3.63) is 70.5 Å². The maximum Gasteiger partial charge on any atom is 0.270 e. The van der Waals surface area contributed by atoms with E-state index in [1.54, 1.807) is 31.4 Å². The molecule has 1 heterocycles. The van der Waals surface area contributed by atoms with Crippen molar-refractivity contribution in [2.24, 2.45) is 0 Å². The standard InChI is InChI=1S/C21H19N3O3S/c1-26-16-10-8-15(9-11-16)19-18(14-22)20(25)24-21(23-19)28-13-5-12-27-17-6-3-2-4-7-17/h2-4,6-11H,5,12-13H2,1H3,(H,23,24,25). The minimum absolute atomic E-state index is 0.00178. The van der Waals surface area contributed by atoms with Crippen molar-refractivity contribution in [2.45, 2.75) is 11.6 Å². The van der Waals surface area contributed by atoms with Crippen LogP contribution in [-0.4, -0.2) is 29.4 Å². The van der Waals surface area contributed by atoms with Gasteiger partial charge in [-0.3, -0.25) is 4.79 Å². The van der Waals surface area contributed by atoms with Gasteiger partial charge in [0.25, 0.3) is 5.56 Å². The summed E-state index contributed by atoms with van der Waals surface area (Å²) in [7, 11) is 1.58. The summed E-state index contributed by atoms with van der Waals surface area (Å²) >= 11 is 1.42. The number of hydrogen-bond acceptors (Lipinski definition) is 6. The number of rotatable bonds is 8. The number of benzene rings is 2. The first kappa shape index (κ1) is 19.5. The fraction of sp³-hybridized carbons (Fsp3) is 0.190. The van der Waals surface area contributed by atoms with Gasteiger partial charge in [-0.25, -0.2) is 4.98 Å². The van der Waals surface area contributed by atoms with Crippen molar-refractivity contribution in [2.75, 3.05) is 19.5 Å². The molecule has 0 aliphatic rings. The van der Waals surface area contributed by atoms with Crippen molar-refractivity contribution in [1.82, 2.24) is 9.97 Å². The first-order chi connectivity index (χ1) is 13.7. The van der Waals surface area contributed by atoms with E-state index in [9.17, 15) is 10.1 Å². The summed E-state index contributed by atoms with van der Waals surface area (Å²) < 4.78 is 10.8. The number of nitriles is 1. The van der Waals surface area contributed by atoms with Crippen molar-refractivity contribution >= 4 is 11.8 Å². The molecule has 6 nitrogen and oxygen atoms in total. The van der Waals surface area contributed by atoms with Gasteiger partial charge in [0.1, 0.15) is 23.1 Å². The average molecular weight is 393 g/mol. The Morgan fingerprint density at radius 3 is 2.54 bits per heavy atom. The molecule has 2 aromatic carbocycles. The van der Waals surface area contributed by atoms with Gasteiger partial charge in [0.05, 0.1) is 19.4 Å². The number of ether oxygens (including phenoxy) is 2. The molecular weight excluding hydrogens is 374 g/mol. The number of thioether (sulfide) groups is 1. The van der Waals surface area contributed by atoms with Gasteiger partial charge in [0.2, 0.25) is 0 Å². The predicted molar refractivity (Wildman–Crippen MR) is 109 cm³/mol. The monoisotopic (exact) mass is 393 g/mol. The van der Waals surface area contributed by atoms with Crippen LogP contribution in [0.2, 0.25) is 0 Å². The molecule has 142 valence electrons. The Bertz CT molecular complexity index is 1010. The van der Waals surface area contributed by atoms with E-state index in [0.29, 0.717) is 28.8 Å². The van der Waals surface area contributed by atoms with E-state index in [1.807, 2.05) is 36.4 Å². The lowest BCUT2D eigenvalue weighted by Crippen LogP contribution is -2.15. The molecule has 0 atom stereocenters. The maximum atomic E-state index is 12.3. The number of aromatic nitrogens is 2. The molecule has 0 aliphatic carbocycles. The average Bonchev–Trinajstić information content (AvgIpc) is 2.74. The van der Waals surface area contributed by atoms with Crippen molar-refractivity contribution in [1.29, 1.82) is 5.26 Å². The van der Waals surface area contributed by atoms with E-state index in [0.717, 1.165) is 17.9 Å². The van der Waals surface area contributed by atoms with Crippen LogP contribution in [0, 0.1) is 11.3 Å². The van der Waals surface area contributed by atoms with Crippen molar-refractivity contribution in [3.8, 4) is 28.8 Å². The summed E-state index contributed by atoms with van der Waals surface area (Å²) in [5.41, 5.74) is 0.628. The molecule has 0 bridgehead atoms. The van der Waals surface area contributed by atoms with Crippen LogP contribution in [-0.2, 0) is 0 Å². The van der Waals surface area contributed by atoms with Crippen LogP contribution >= 0.6 is 11.8 Å². The molecule has 0 aliphatic heterocycles. The molecule has 3 aromatic rings. The third-order valence-corrected chi connectivity index (χ3v) is 4.87. The SMILES string of the molecule is COc1ccc(-c2nc(SCCCOc3ccccc3)[nH]c(=O)c2C#N)cc1. The van der Waals surface area contributed by atoms with Gasteiger partial charge in [-0.1, -0.05) is 30.0 Å². The number of hydrogen-bond donors (Lipinski definition) is 1. The van der Waals surface area contributed by atoms with Gasteiger partial charge in [0, 0.05) is 11.3 Å². The molecule has 0 unspecified atom stereocenters. The van der Waals surface area contributed by atoms with Crippen LogP contribution in [0.25, 0.3) is 11.3 Å². The molecule has 0 spiro atoms. The summed E-state index contributed by atoms with van der Waals surface area (Å²) in [6, 6.07) is 18.7. The number of para-hydroxylation sites is 1. The first-order valence-electron chi connectivity index (χ1n) is 8.70. The van der Waals surface area contributed by atoms with Crippen molar-refractivity contribution < 1.29 is 9.47 Å². The molecule has 7 heteroatoms. The second-order valence-electron chi connectivity index (χ2n) is 5.80. The smallest absolute Gasteiger partial charge is 0.270 e. The minimum atomic E-state index is -0.439. The molecule has 1 N–H and O–H groups in total. The van der Waals surface area contributed by atoms with Gasteiger partial charge in [-0.2, -0.15) is 5.26 Å². The fourth-order valence-corrected chi connectivity index (χ4v) is 3.29. The number of H-pyrrole nitrogens is 1. The summed E-state index contributed by atoms with van der Waals surface area (Å²) in [6.45, 7) is 0.572. The minimum Gasteiger partial charge on any atom is -0.497 e. The second-order valence-corrected chi connectivity index (χ2v) is 6.88. The highest BCUT2D eigenvalue weighted by atomic mass is 32.2. The van der Waals surface area contributed by atoms with Crippen LogP contribution < -0.4 is 15.0 Å². The zero-order chi connectivity index (χ0) is 19.8. The number of nitrogens with zero attached hydrogens (tertiary/aromatic N) is 2. The zero-order valence-corrected chi connectivity index (χ0v) is 16.2. The number of methoxy groups -OCH3 is 1. The van der Waals surface area contributed by atoms with Crippen LogP contribution in [0.15, 0.2) is 64.5 Å². The van der Waals surface area contributed by atoms with E-state index in [1.165, 1.54) is 11.8 Å². The largest absolute Gasteiger partial charge is 0.497 e. The molecule has 0 saturated heterocycles. The van der Waals surface area contributed by atoms with E-state index < -0.39 is 5.56 Å². The Morgan fingerprint density at radius 1 is 1.11 bits per heavy atom. The Kier molecular flexibility index (Phi) is 6.71. The topological polar surface area (TPSA) is 88.0 Å². The summed E-state index contributed by atoms with van der Waals surface area (Å²) in [5, 5.41) is 9.83. The normalized spacial score (nSPS) is 10.3. The third-order valence-electron chi connectivity index (χ3n) is 3.91. The van der Waals surface area contributed by atoms with Crippen LogP contribution in [0.3, 0.4) is 0 Å². The molecule has 28 heavy (non-hydrogen) atoms. The molecule has 0 radical (unpaired) electrons. The molecule has 0 fully saturated rings. The second kappa shape index (κ2) is 9.62. The highest BCUT2D eigenvalue weighted by Gasteiger charge is 2.13. The molecule has 0 saturated carbocycles. The van der Waals surface area contributed by atoms with Crippen LogP contribution in [0.5, 0.6) is 11.5 Å². The highest BCUT2D eigenvalue weighted by molar-refractivity contribution is 7.99. The van der Waals surface area contributed by atoms with E-state index in [4.69, 9.17) is 9.47 Å². The van der Waals surface area contributed by atoms with E-state index in [2.05, 4.69) is 9.97 Å². The lowest BCUT2D eigenvalue weighted by atomic mass is 10.1. The summed E-state index contributed by atoms with van der Waals surface area (Å²) in [5.74, 6) is 2.25. The zero-order valence-electron chi connectivity index (χ0n) is 15.3. The van der Waals surface area contributed by atoms with Crippen molar-refractivity contribution in [3.63, 3.8) is 0 Å². The molecule has 0 amide bonds. The van der Waals surface area contributed by atoms with Gasteiger partial charge in [0.15, 0.2) is 5.16 Å². The Balaban J connectivity index is 1.67. The van der Waals surface area contributed by atoms with Gasteiger partial charge < -0.3 is 14.5 Å². The quantitative estimate of drug-likeness (QED) is 0.355. The lowest BCUT2D eigenvalue weighted by molar-refractivity contribution is 0.318. The highest BCUT2D eigenvalue weighted by Crippen LogP contribution is 2.24. The third kappa shape index (κ3) is 4.93. The number of nitrogens with one attached hydrogen (secondary N) is 1. The fourth-order valence-electron chi connectivity index (χ4n) is 2.52. The molecular formula is C21H19N3O3S. The lowest BCUT2D eigenvalue weighted by Gasteiger charge is -2.08. The molecule has 1 aromatic heterocycles. The van der Waals surface area contributed by atoms with Crippen LogP contribution in [0.1, 0.15) is 12.0 Å². The Hall–Kier alpha value is -3.24. The summed E-state index contributed by atoms with van der Waals surface area (Å²) in [6.07, 6.45) is 0.793. The Labute approximate surface area is 167 Å². The predicted octanol–water partition coefficient (Wildman–Crippen LogP) is 3.88. The van der Waals surface area contributed by atoms with E-state index in [-0.39, 0.29) is 5.56 Å². The van der Waals surface area contributed by atoms with E-state index >= 15 is 0 Å². The summed E-state index contributed by atoms with van der Waals surface area (Å²) in [4.78, 5) is 19.4. The maximum absolute atomic E-state index is 12.3. The van der Waals surface area contributed by atoms with Gasteiger partial charge >= 0.3 is 0 Å². The van der Waals surface area contributed by atoms with Gasteiger partial charge in [-0.15, -0.1) is 0 Å². The van der Waals surface area contributed by atoms with Gasteiger partial charge in [-0.05, 0) is 42.8 Å². The Morgan fingerprint density at radius 2 is 1.86 bits per heavy atom. The first-order valence-corrected chi connectivity index (χ1v) is 9.69. The molecule has 3 rings (SSSR count). The number of aromatic amines is 1. The van der Waals surface area contributed by atoms with Crippen LogP contribution in [0.4, 0.5) is 0 Å².